The lowest BCUT2D eigenvalue weighted by atomic mass is 10.3. The van der Waals surface area contributed by atoms with Gasteiger partial charge in [0.1, 0.15) is 5.03 Å². The quantitative estimate of drug-likeness (QED) is 0.630. The Labute approximate surface area is 103 Å². The van der Waals surface area contributed by atoms with Crippen molar-refractivity contribution in [2.45, 2.75) is 11.4 Å². The van der Waals surface area contributed by atoms with Gasteiger partial charge in [-0.2, -0.15) is 0 Å². The molecule has 1 N–H and O–H groups in total. The molecular weight excluding hydrogens is 250 g/mol. The SMILES string of the molecule is COCCCSc1ncc(C(=O)O)cc1Cl. The van der Waals surface area contributed by atoms with Crippen molar-refractivity contribution in [3.63, 3.8) is 0 Å². The Hall–Kier alpha value is -0.780. The molecule has 1 aromatic heterocycles. The van der Waals surface area contributed by atoms with Gasteiger partial charge >= 0.3 is 5.97 Å². The largest absolute Gasteiger partial charge is 0.478 e. The standard InChI is InChI=1S/C10H12ClNO3S/c1-15-3-2-4-16-9-8(11)5-7(6-12-9)10(13)14/h5-6H,2-4H2,1H3,(H,13,14). The average Bonchev–Trinajstić information content (AvgIpc) is 2.26. The molecule has 88 valence electrons. The summed E-state index contributed by atoms with van der Waals surface area (Å²) in [5.74, 6) is -0.183. The van der Waals surface area contributed by atoms with E-state index >= 15 is 0 Å². The number of halogens is 1. The minimum Gasteiger partial charge on any atom is -0.478 e. The Kier molecular flexibility index (Phi) is 5.59. The van der Waals surface area contributed by atoms with Crippen molar-refractivity contribution < 1.29 is 14.6 Å². The first kappa shape index (κ1) is 13.3. The first-order chi connectivity index (χ1) is 7.65. The highest BCUT2D eigenvalue weighted by atomic mass is 35.5. The number of nitrogens with zero attached hydrogens (tertiary/aromatic N) is 1. The second kappa shape index (κ2) is 6.73. The Morgan fingerprint density at radius 1 is 1.69 bits per heavy atom. The van der Waals surface area contributed by atoms with Crippen molar-refractivity contribution in [1.29, 1.82) is 0 Å². The van der Waals surface area contributed by atoms with Crippen LogP contribution in [0, 0.1) is 0 Å². The lowest BCUT2D eigenvalue weighted by Crippen LogP contribution is -1.98. The van der Waals surface area contributed by atoms with E-state index in [9.17, 15) is 4.79 Å². The fourth-order valence-electron chi connectivity index (χ4n) is 1.02. The molecule has 0 aliphatic rings. The smallest absolute Gasteiger partial charge is 0.337 e. The normalized spacial score (nSPS) is 10.4. The summed E-state index contributed by atoms with van der Waals surface area (Å²) in [4.78, 5) is 14.6. The number of thioether (sulfide) groups is 1. The molecule has 0 radical (unpaired) electrons. The zero-order valence-electron chi connectivity index (χ0n) is 8.77. The summed E-state index contributed by atoms with van der Waals surface area (Å²) in [6.07, 6.45) is 2.22. The zero-order valence-corrected chi connectivity index (χ0v) is 10.3. The highest BCUT2D eigenvalue weighted by Gasteiger charge is 2.08. The Morgan fingerprint density at radius 3 is 3.00 bits per heavy atom. The molecule has 1 aromatic rings. The van der Waals surface area contributed by atoms with Gasteiger partial charge in [0.25, 0.3) is 0 Å². The molecule has 0 amide bonds. The number of aromatic nitrogens is 1. The fourth-order valence-corrected chi connectivity index (χ4v) is 2.13. The third kappa shape index (κ3) is 4.00. The number of carboxylic acid groups (broad SMARTS) is 1. The van der Waals surface area contributed by atoms with Crippen molar-refractivity contribution in [3.8, 4) is 0 Å². The molecule has 16 heavy (non-hydrogen) atoms. The molecule has 1 rings (SSSR count). The summed E-state index contributed by atoms with van der Waals surface area (Å²) in [6.45, 7) is 0.692. The van der Waals surface area contributed by atoms with Crippen LogP contribution in [-0.2, 0) is 4.74 Å². The molecule has 0 aliphatic heterocycles. The van der Waals surface area contributed by atoms with Gasteiger partial charge in [-0.1, -0.05) is 11.6 Å². The second-order valence-corrected chi connectivity index (χ2v) is 4.50. The Balaban J connectivity index is 2.57. The van der Waals surface area contributed by atoms with Crippen LogP contribution in [0.1, 0.15) is 16.8 Å². The van der Waals surface area contributed by atoms with E-state index in [4.69, 9.17) is 21.4 Å². The average molecular weight is 262 g/mol. The van der Waals surface area contributed by atoms with Gasteiger partial charge in [-0.25, -0.2) is 9.78 Å². The van der Waals surface area contributed by atoms with Crippen LogP contribution < -0.4 is 0 Å². The molecule has 0 saturated heterocycles. The number of aromatic carboxylic acids is 1. The second-order valence-electron chi connectivity index (χ2n) is 3.01. The number of rotatable bonds is 6. The van der Waals surface area contributed by atoms with E-state index in [0.717, 1.165) is 12.2 Å². The molecule has 0 aromatic carbocycles. The molecule has 0 saturated carbocycles. The van der Waals surface area contributed by atoms with Crippen LogP contribution in [0.2, 0.25) is 5.02 Å². The first-order valence-corrected chi connectivity index (χ1v) is 6.02. The molecule has 0 atom stereocenters. The van der Waals surface area contributed by atoms with Crippen LogP contribution >= 0.6 is 23.4 Å². The number of hydrogen-bond donors (Lipinski definition) is 1. The van der Waals surface area contributed by atoms with Crippen molar-refractivity contribution >= 4 is 29.3 Å². The summed E-state index contributed by atoms with van der Waals surface area (Å²) in [5.41, 5.74) is 0.103. The van der Waals surface area contributed by atoms with Gasteiger partial charge in [-0.05, 0) is 12.5 Å². The lowest BCUT2D eigenvalue weighted by molar-refractivity contribution is 0.0696. The van der Waals surface area contributed by atoms with Crippen molar-refractivity contribution in [2.24, 2.45) is 0 Å². The van der Waals surface area contributed by atoms with Gasteiger partial charge in [0, 0.05) is 25.7 Å². The van der Waals surface area contributed by atoms with E-state index in [1.807, 2.05) is 0 Å². The summed E-state index contributed by atoms with van der Waals surface area (Å²) >= 11 is 7.40. The molecule has 4 nitrogen and oxygen atoms in total. The number of carbonyl (C=O) groups is 1. The summed E-state index contributed by atoms with van der Waals surface area (Å²) < 4.78 is 4.92. The molecule has 6 heteroatoms. The third-order valence-corrected chi connectivity index (χ3v) is 3.28. The van der Waals surface area contributed by atoms with Gasteiger partial charge in [0.2, 0.25) is 0 Å². The van der Waals surface area contributed by atoms with Crippen LogP contribution in [0.25, 0.3) is 0 Å². The van der Waals surface area contributed by atoms with Crippen LogP contribution in [0.3, 0.4) is 0 Å². The summed E-state index contributed by atoms with van der Waals surface area (Å²) in [6, 6.07) is 1.41. The molecule has 0 bridgehead atoms. The molecule has 0 fully saturated rings. The number of pyridine rings is 1. The van der Waals surface area contributed by atoms with Crippen LogP contribution in [0.15, 0.2) is 17.3 Å². The summed E-state index contributed by atoms with van der Waals surface area (Å²) in [7, 11) is 1.65. The predicted octanol–water partition coefficient (Wildman–Crippen LogP) is 2.56. The van der Waals surface area contributed by atoms with Crippen molar-refractivity contribution in [1.82, 2.24) is 4.98 Å². The fraction of sp³-hybridized carbons (Fsp3) is 0.400. The van der Waals surface area contributed by atoms with E-state index in [0.29, 0.717) is 16.7 Å². The van der Waals surface area contributed by atoms with Gasteiger partial charge < -0.3 is 9.84 Å². The van der Waals surface area contributed by atoms with E-state index in [-0.39, 0.29) is 5.56 Å². The maximum Gasteiger partial charge on any atom is 0.337 e. The monoisotopic (exact) mass is 261 g/mol. The van der Waals surface area contributed by atoms with Gasteiger partial charge in [-0.3, -0.25) is 0 Å². The van der Waals surface area contributed by atoms with Crippen molar-refractivity contribution in [2.75, 3.05) is 19.5 Å². The molecule has 0 aliphatic carbocycles. The highest BCUT2D eigenvalue weighted by molar-refractivity contribution is 7.99. The van der Waals surface area contributed by atoms with Crippen molar-refractivity contribution in [3.05, 3.63) is 22.8 Å². The molecule has 0 unspecified atom stereocenters. The van der Waals surface area contributed by atoms with Gasteiger partial charge in [-0.15, -0.1) is 11.8 Å². The Morgan fingerprint density at radius 2 is 2.44 bits per heavy atom. The highest BCUT2D eigenvalue weighted by Crippen LogP contribution is 2.25. The minimum absolute atomic E-state index is 0.103. The molecular formula is C10H12ClNO3S. The zero-order chi connectivity index (χ0) is 12.0. The number of ether oxygens (including phenoxy) is 1. The predicted molar refractivity (Wildman–Crippen MR) is 63.4 cm³/mol. The van der Waals surface area contributed by atoms with E-state index < -0.39 is 5.97 Å². The van der Waals surface area contributed by atoms with E-state index in [2.05, 4.69) is 4.98 Å². The number of carboxylic acids is 1. The first-order valence-electron chi connectivity index (χ1n) is 4.65. The topological polar surface area (TPSA) is 59.4 Å². The number of hydrogen-bond acceptors (Lipinski definition) is 4. The summed E-state index contributed by atoms with van der Waals surface area (Å²) in [5, 5.41) is 9.76. The maximum absolute atomic E-state index is 10.6. The van der Waals surface area contributed by atoms with Crippen LogP contribution in [0.5, 0.6) is 0 Å². The lowest BCUT2D eigenvalue weighted by Gasteiger charge is -2.03. The third-order valence-electron chi connectivity index (χ3n) is 1.79. The van der Waals surface area contributed by atoms with Crippen LogP contribution in [-0.4, -0.2) is 35.5 Å². The maximum atomic E-state index is 10.6. The van der Waals surface area contributed by atoms with E-state index in [1.54, 1.807) is 7.11 Å². The van der Waals surface area contributed by atoms with Gasteiger partial charge in [0.05, 0.1) is 10.6 Å². The Bertz CT molecular complexity index is 373. The van der Waals surface area contributed by atoms with E-state index in [1.165, 1.54) is 24.0 Å². The minimum atomic E-state index is -1.02. The molecule has 1 heterocycles. The van der Waals surface area contributed by atoms with Gasteiger partial charge in [0.15, 0.2) is 0 Å². The van der Waals surface area contributed by atoms with Crippen LogP contribution in [0.4, 0.5) is 0 Å². The molecule has 0 spiro atoms. The number of methoxy groups -OCH3 is 1.